The summed E-state index contributed by atoms with van der Waals surface area (Å²) in [6, 6.07) is -0.301. The topological polar surface area (TPSA) is 97.7 Å². The van der Waals surface area contributed by atoms with Crippen molar-refractivity contribution in [2.45, 2.75) is 95.0 Å². The van der Waals surface area contributed by atoms with E-state index in [0.717, 1.165) is 32.4 Å². The number of hydrogen-bond acceptors (Lipinski definition) is 8. The van der Waals surface area contributed by atoms with E-state index in [1.165, 1.54) is 0 Å². The largest absolute Gasteiger partial charge is 0.461 e. The van der Waals surface area contributed by atoms with E-state index in [4.69, 9.17) is 18.9 Å². The molecule has 0 amide bonds. The summed E-state index contributed by atoms with van der Waals surface area (Å²) in [7, 11) is 5.14. The number of ether oxygens (including phenoxy) is 4. The van der Waals surface area contributed by atoms with E-state index in [1.54, 1.807) is 21.3 Å². The Morgan fingerprint density at radius 1 is 1.14 bits per heavy atom. The summed E-state index contributed by atoms with van der Waals surface area (Å²) in [5.74, 6) is -0.891. The van der Waals surface area contributed by atoms with Crippen LogP contribution < -0.4 is 0 Å². The van der Waals surface area contributed by atoms with Crippen molar-refractivity contribution < 1.29 is 34.0 Å². The Morgan fingerprint density at radius 3 is 2.44 bits per heavy atom. The summed E-state index contributed by atoms with van der Waals surface area (Å²) >= 11 is 0. The van der Waals surface area contributed by atoms with E-state index < -0.39 is 34.7 Å². The van der Waals surface area contributed by atoms with Crippen LogP contribution in [-0.4, -0.2) is 97.2 Å². The van der Waals surface area contributed by atoms with Crippen LogP contribution in [0.2, 0.25) is 0 Å². The normalized spacial score (nSPS) is 56.8. The highest BCUT2D eigenvalue weighted by Crippen LogP contribution is 2.80. The number of rotatable bonds is 6. The van der Waals surface area contributed by atoms with Gasteiger partial charge in [0.2, 0.25) is 0 Å². The molecule has 7 bridgehead atoms. The van der Waals surface area contributed by atoms with E-state index in [2.05, 4.69) is 18.7 Å². The molecule has 0 radical (unpaired) electrons. The lowest BCUT2D eigenvalue weighted by molar-refractivity contribution is -0.318. The number of methoxy groups -OCH3 is 3. The molecule has 5 saturated carbocycles. The first-order valence-electron chi connectivity index (χ1n) is 14.0. The molecular weight excluding hydrogens is 462 g/mol. The molecular formula is C28H45NO7. The Labute approximate surface area is 215 Å². The van der Waals surface area contributed by atoms with E-state index in [1.807, 2.05) is 13.8 Å². The highest BCUT2D eigenvalue weighted by atomic mass is 16.6. The maximum absolute atomic E-state index is 13.1. The van der Waals surface area contributed by atoms with Crippen LogP contribution in [-0.2, 0) is 23.7 Å². The first kappa shape index (κ1) is 25.5. The second kappa shape index (κ2) is 7.89. The molecule has 0 aromatic carbocycles. The number of hydrogen-bond donors (Lipinski definition) is 2. The molecule has 8 nitrogen and oxygen atoms in total. The third-order valence-electron chi connectivity index (χ3n) is 12.0. The maximum atomic E-state index is 13.1. The average Bonchev–Trinajstić information content (AvgIpc) is 3.24. The number of fused-ring (bicyclic) bond motifs is 2. The van der Waals surface area contributed by atoms with Crippen molar-refractivity contribution in [3.63, 3.8) is 0 Å². The van der Waals surface area contributed by atoms with Crippen molar-refractivity contribution in [3.05, 3.63) is 0 Å². The van der Waals surface area contributed by atoms with E-state index >= 15 is 0 Å². The highest BCUT2D eigenvalue weighted by molar-refractivity contribution is 5.72. The van der Waals surface area contributed by atoms with Gasteiger partial charge in [-0.1, -0.05) is 27.7 Å². The van der Waals surface area contributed by atoms with Gasteiger partial charge in [-0.2, -0.15) is 0 Å². The quantitative estimate of drug-likeness (QED) is 0.526. The third-order valence-corrected chi connectivity index (χ3v) is 12.0. The summed E-state index contributed by atoms with van der Waals surface area (Å²) < 4.78 is 24.8. The Bertz CT molecular complexity index is 930. The lowest BCUT2D eigenvalue weighted by Crippen LogP contribution is -2.81. The summed E-state index contributed by atoms with van der Waals surface area (Å²) in [5.41, 5.74) is -3.55. The molecule has 6 rings (SSSR count). The summed E-state index contributed by atoms with van der Waals surface area (Å²) in [5, 5.41) is 26.0. The molecule has 1 heterocycles. The fourth-order valence-corrected chi connectivity index (χ4v) is 11.1. The molecule has 5 aliphatic carbocycles. The fourth-order valence-electron chi connectivity index (χ4n) is 11.1. The molecule has 13 atom stereocenters. The van der Waals surface area contributed by atoms with Crippen molar-refractivity contribution in [1.82, 2.24) is 4.90 Å². The average molecular weight is 508 g/mol. The fraction of sp³-hybridized carbons (Fsp3) is 0.964. The first-order valence-corrected chi connectivity index (χ1v) is 14.0. The van der Waals surface area contributed by atoms with Gasteiger partial charge in [0.1, 0.15) is 17.3 Å². The van der Waals surface area contributed by atoms with Crippen LogP contribution in [0, 0.1) is 40.4 Å². The monoisotopic (exact) mass is 507 g/mol. The SMILES string of the molecule is CCN1C[C@]2(C)CC[C@H](OC)[C@@]34[C@@H]5C[C@H]6[C@H](OC(=O)C(C)C)[C@@H]5[C@](O)(C[C@@H]6OC)[C@@](O)([C@@H](OC)[C@H]23)[C@@H]14. The van der Waals surface area contributed by atoms with Crippen LogP contribution >= 0.6 is 0 Å². The van der Waals surface area contributed by atoms with Crippen LogP contribution in [0.4, 0.5) is 0 Å². The summed E-state index contributed by atoms with van der Waals surface area (Å²) in [4.78, 5) is 15.4. The smallest absolute Gasteiger partial charge is 0.308 e. The molecule has 6 fully saturated rings. The minimum atomic E-state index is -1.54. The number of carbonyl (C=O) groups excluding carboxylic acids is 1. The van der Waals surface area contributed by atoms with E-state index in [-0.39, 0.29) is 53.3 Å². The minimum absolute atomic E-state index is 0.0203. The van der Waals surface area contributed by atoms with Gasteiger partial charge in [0.15, 0.2) is 0 Å². The number of aliphatic hydroxyl groups is 2. The maximum Gasteiger partial charge on any atom is 0.308 e. The van der Waals surface area contributed by atoms with Crippen molar-refractivity contribution in [3.8, 4) is 0 Å². The first-order chi connectivity index (χ1) is 17.0. The Kier molecular flexibility index (Phi) is 5.59. The molecule has 2 N–H and O–H groups in total. The molecule has 6 aliphatic rings. The van der Waals surface area contributed by atoms with Gasteiger partial charge in [-0.25, -0.2) is 0 Å². The summed E-state index contributed by atoms with van der Waals surface area (Å²) in [6.45, 7) is 9.82. The number of carbonyl (C=O) groups is 1. The Balaban J connectivity index is 1.62. The molecule has 1 spiro atoms. The predicted octanol–water partition coefficient (Wildman–Crippen LogP) is 1.85. The molecule has 204 valence electrons. The zero-order valence-electron chi connectivity index (χ0n) is 22.9. The standard InChI is InChI=1S/C28H45NO7/c1-8-29-13-25(4)10-9-18(34-6)27-16-11-15-17(33-5)12-26(31,19(16)20(15)36-23(30)14(2)3)28(32,24(27)29)22(35-7)21(25)27/h14-22,24,31-32H,8-13H2,1-7H3/t15-,16-,17+,18+,19-,20+,21-,22+,24+,25+,26-,27+,28-/m1/s1. The number of esters is 1. The molecule has 0 aromatic heterocycles. The van der Waals surface area contributed by atoms with Gasteiger partial charge < -0.3 is 29.2 Å². The number of likely N-dealkylation sites (N-methyl/N-ethyl adjacent to an activating group) is 1. The number of piperidine rings is 1. The van der Waals surface area contributed by atoms with Gasteiger partial charge >= 0.3 is 5.97 Å². The third kappa shape index (κ3) is 2.56. The van der Waals surface area contributed by atoms with Crippen molar-refractivity contribution in [1.29, 1.82) is 0 Å². The molecule has 8 heteroatoms. The van der Waals surface area contributed by atoms with Gasteiger partial charge in [-0.05, 0) is 37.1 Å². The lowest BCUT2D eigenvalue weighted by atomic mass is 9.43. The lowest BCUT2D eigenvalue weighted by Gasteiger charge is -2.69. The van der Waals surface area contributed by atoms with E-state index in [0.29, 0.717) is 6.42 Å². The molecule has 1 saturated heterocycles. The van der Waals surface area contributed by atoms with Gasteiger partial charge in [0.25, 0.3) is 0 Å². The van der Waals surface area contributed by atoms with Crippen molar-refractivity contribution in [2.75, 3.05) is 34.4 Å². The van der Waals surface area contributed by atoms with Crippen LogP contribution in [0.25, 0.3) is 0 Å². The van der Waals surface area contributed by atoms with Gasteiger partial charge in [-0.3, -0.25) is 9.69 Å². The van der Waals surface area contributed by atoms with Gasteiger partial charge in [0.05, 0.1) is 30.3 Å². The second-order valence-electron chi connectivity index (χ2n) is 13.3. The van der Waals surface area contributed by atoms with Crippen LogP contribution in [0.5, 0.6) is 0 Å². The number of nitrogens with zero attached hydrogens (tertiary/aromatic N) is 1. The van der Waals surface area contributed by atoms with Gasteiger partial charge in [-0.15, -0.1) is 0 Å². The van der Waals surface area contributed by atoms with Crippen molar-refractivity contribution in [2.24, 2.45) is 40.4 Å². The molecule has 36 heavy (non-hydrogen) atoms. The molecule has 0 aromatic rings. The van der Waals surface area contributed by atoms with Gasteiger partial charge in [0, 0.05) is 57.5 Å². The Hall–Kier alpha value is -0.770. The second-order valence-corrected chi connectivity index (χ2v) is 13.3. The highest BCUT2D eigenvalue weighted by Gasteiger charge is 2.91. The van der Waals surface area contributed by atoms with Crippen LogP contribution in [0.1, 0.15) is 53.4 Å². The van der Waals surface area contributed by atoms with Crippen molar-refractivity contribution >= 4 is 5.97 Å². The van der Waals surface area contributed by atoms with Crippen LogP contribution in [0.15, 0.2) is 0 Å². The summed E-state index contributed by atoms with van der Waals surface area (Å²) in [6.07, 6.45) is 1.56. The van der Waals surface area contributed by atoms with E-state index in [9.17, 15) is 15.0 Å². The molecule has 0 unspecified atom stereocenters. The minimum Gasteiger partial charge on any atom is -0.461 e. The zero-order valence-corrected chi connectivity index (χ0v) is 22.9. The molecule has 1 aliphatic heterocycles. The zero-order chi connectivity index (χ0) is 26.0. The predicted molar refractivity (Wildman–Crippen MR) is 131 cm³/mol. The number of likely N-dealkylation sites (tertiary alicyclic amines) is 1. The van der Waals surface area contributed by atoms with Crippen LogP contribution in [0.3, 0.4) is 0 Å². The Morgan fingerprint density at radius 2 is 1.86 bits per heavy atom.